The van der Waals surface area contributed by atoms with Crippen molar-refractivity contribution in [3.8, 4) is 0 Å². The van der Waals surface area contributed by atoms with Gasteiger partial charge in [0.05, 0.1) is 5.92 Å². The van der Waals surface area contributed by atoms with Crippen molar-refractivity contribution in [1.29, 1.82) is 0 Å². The van der Waals surface area contributed by atoms with E-state index in [0.717, 1.165) is 12.8 Å². The van der Waals surface area contributed by atoms with Crippen LogP contribution < -0.4 is 10.6 Å². The number of aliphatic carboxylic acids is 1. The number of carbonyl (C=O) groups excluding carboxylic acids is 1. The number of carboxylic acid groups (broad SMARTS) is 1. The van der Waals surface area contributed by atoms with Gasteiger partial charge in [-0.15, -0.1) is 0 Å². The van der Waals surface area contributed by atoms with Crippen molar-refractivity contribution >= 4 is 12.0 Å². The molecule has 5 heteroatoms. The lowest BCUT2D eigenvalue weighted by Crippen LogP contribution is -2.48. The summed E-state index contributed by atoms with van der Waals surface area (Å²) in [5.74, 6) is -0.320. The number of hydrogen-bond acceptors (Lipinski definition) is 2. The fraction of sp³-hybridized carbons (Fsp3) is 0.867. The van der Waals surface area contributed by atoms with Gasteiger partial charge in [-0.2, -0.15) is 0 Å². The second-order valence-electron chi connectivity index (χ2n) is 6.34. The van der Waals surface area contributed by atoms with Crippen LogP contribution in [-0.2, 0) is 4.79 Å². The Balaban J connectivity index is 1.68. The zero-order chi connectivity index (χ0) is 14.5. The summed E-state index contributed by atoms with van der Waals surface area (Å²) in [6.07, 6.45) is 7.84. The third-order valence-electron chi connectivity index (χ3n) is 4.88. The van der Waals surface area contributed by atoms with Gasteiger partial charge in [-0.3, -0.25) is 4.79 Å². The normalized spacial score (nSPS) is 28.9. The van der Waals surface area contributed by atoms with Gasteiger partial charge in [0.1, 0.15) is 0 Å². The van der Waals surface area contributed by atoms with Gasteiger partial charge in [-0.05, 0) is 51.4 Å². The molecule has 20 heavy (non-hydrogen) atoms. The topological polar surface area (TPSA) is 78.4 Å². The molecule has 0 unspecified atom stereocenters. The number of hydrogen-bond donors (Lipinski definition) is 3. The minimum absolute atomic E-state index is 0.0943. The summed E-state index contributed by atoms with van der Waals surface area (Å²) in [7, 11) is 0. The SMILES string of the molecule is C[C@H](NC(=O)NC1CCC(C(=O)O)CC1)C1CCCC1. The molecule has 0 spiro atoms. The first-order valence-corrected chi connectivity index (χ1v) is 7.86. The molecule has 0 aliphatic heterocycles. The highest BCUT2D eigenvalue weighted by molar-refractivity contribution is 5.74. The molecule has 0 heterocycles. The van der Waals surface area contributed by atoms with Crippen LogP contribution in [0.2, 0.25) is 0 Å². The Labute approximate surface area is 120 Å². The molecule has 1 atom stereocenters. The smallest absolute Gasteiger partial charge is 0.315 e. The molecule has 0 aromatic carbocycles. The van der Waals surface area contributed by atoms with E-state index in [1.54, 1.807) is 0 Å². The molecule has 0 saturated heterocycles. The van der Waals surface area contributed by atoms with Gasteiger partial charge in [0.15, 0.2) is 0 Å². The second-order valence-corrected chi connectivity index (χ2v) is 6.34. The maximum absolute atomic E-state index is 12.0. The quantitative estimate of drug-likeness (QED) is 0.741. The van der Waals surface area contributed by atoms with E-state index in [2.05, 4.69) is 17.6 Å². The molecule has 2 aliphatic rings. The molecule has 3 N–H and O–H groups in total. The summed E-state index contributed by atoms with van der Waals surface area (Å²) < 4.78 is 0. The van der Waals surface area contributed by atoms with Crippen molar-refractivity contribution in [1.82, 2.24) is 10.6 Å². The van der Waals surface area contributed by atoms with Crippen molar-refractivity contribution in [3.63, 3.8) is 0 Å². The maximum atomic E-state index is 12.0. The number of carboxylic acids is 1. The molecule has 0 aromatic heterocycles. The van der Waals surface area contributed by atoms with E-state index in [-0.39, 0.29) is 24.0 Å². The predicted molar refractivity (Wildman–Crippen MR) is 76.5 cm³/mol. The molecule has 0 radical (unpaired) electrons. The summed E-state index contributed by atoms with van der Waals surface area (Å²) in [5, 5.41) is 15.0. The minimum atomic E-state index is -0.706. The Hall–Kier alpha value is -1.26. The molecule has 0 aromatic rings. The van der Waals surface area contributed by atoms with Crippen LogP contribution in [0, 0.1) is 11.8 Å². The molecule has 2 aliphatic carbocycles. The largest absolute Gasteiger partial charge is 0.481 e. The van der Waals surface area contributed by atoms with Crippen LogP contribution >= 0.6 is 0 Å². The molecule has 0 bridgehead atoms. The van der Waals surface area contributed by atoms with Crippen molar-refractivity contribution < 1.29 is 14.7 Å². The third kappa shape index (κ3) is 4.12. The Kier molecular flexibility index (Phi) is 5.26. The molecule has 2 fully saturated rings. The average molecular weight is 282 g/mol. The Morgan fingerprint density at radius 2 is 1.65 bits per heavy atom. The van der Waals surface area contributed by atoms with Crippen LogP contribution in [0.3, 0.4) is 0 Å². The number of amides is 2. The Bertz CT molecular complexity index is 345. The van der Waals surface area contributed by atoms with E-state index in [1.165, 1.54) is 25.7 Å². The van der Waals surface area contributed by atoms with Gasteiger partial charge >= 0.3 is 12.0 Å². The predicted octanol–water partition coefficient (Wildman–Crippen LogP) is 2.51. The van der Waals surface area contributed by atoms with Gasteiger partial charge < -0.3 is 15.7 Å². The summed E-state index contributed by atoms with van der Waals surface area (Å²) in [4.78, 5) is 22.8. The molecule has 2 rings (SSSR count). The van der Waals surface area contributed by atoms with E-state index in [9.17, 15) is 9.59 Å². The highest BCUT2D eigenvalue weighted by atomic mass is 16.4. The van der Waals surface area contributed by atoms with Gasteiger partial charge in [0, 0.05) is 12.1 Å². The third-order valence-corrected chi connectivity index (χ3v) is 4.88. The van der Waals surface area contributed by atoms with Crippen LogP contribution in [0.4, 0.5) is 4.79 Å². The second kappa shape index (κ2) is 6.95. The van der Waals surface area contributed by atoms with Crippen molar-refractivity contribution in [2.75, 3.05) is 0 Å². The lowest BCUT2D eigenvalue weighted by molar-refractivity contribution is -0.142. The van der Waals surface area contributed by atoms with Crippen LogP contribution in [0.15, 0.2) is 0 Å². The van der Waals surface area contributed by atoms with Crippen molar-refractivity contribution in [3.05, 3.63) is 0 Å². The van der Waals surface area contributed by atoms with E-state index in [1.807, 2.05) is 0 Å². The number of nitrogens with one attached hydrogen (secondary N) is 2. The van der Waals surface area contributed by atoms with E-state index in [0.29, 0.717) is 18.8 Å². The first-order valence-electron chi connectivity index (χ1n) is 7.86. The van der Waals surface area contributed by atoms with Crippen molar-refractivity contribution in [2.45, 2.75) is 70.4 Å². The standard InChI is InChI=1S/C15H26N2O3/c1-10(11-4-2-3-5-11)16-15(20)17-13-8-6-12(7-9-13)14(18)19/h10-13H,2-9H2,1H3,(H,18,19)(H2,16,17,20)/t10-,12?,13?/m0/s1. The maximum Gasteiger partial charge on any atom is 0.315 e. The summed E-state index contributed by atoms with van der Waals surface area (Å²) >= 11 is 0. The Morgan fingerprint density at radius 3 is 2.20 bits per heavy atom. The fourth-order valence-electron chi connectivity index (χ4n) is 3.49. The monoisotopic (exact) mass is 282 g/mol. The number of rotatable bonds is 4. The first kappa shape index (κ1) is 15.1. The van der Waals surface area contributed by atoms with E-state index in [4.69, 9.17) is 5.11 Å². The van der Waals surface area contributed by atoms with E-state index < -0.39 is 5.97 Å². The minimum Gasteiger partial charge on any atom is -0.481 e. The lowest BCUT2D eigenvalue weighted by atomic mass is 9.86. The zero-order valence-corrected chi connectivity index (χ0v) is 12.2. The first-order chi connectivity index (χ1) is 9.56. The summed E-state index contributed by atoms with van der Waals surface area (Å²) in [6, 6.07) is 0.261. The highest BCUT2D eigenvalue weighted by Crippen LogP contribution is 2.27. The molecular formula is C15H26N2O3. The van der Waals surface area contributed by atoms with Crippen LogP contribution in [0.1, 0.15) is 58.3 Å². The molecule has 2 amide bonds. The van der Waals surface area contributed by atoms with Crippen molar-refractivity contribution in [2.24, 2.45) is 11.8 Å². The van der Waals surface area contributed by atoms with Gasteiger partial charge in [-0.1, -0.05) is 12.8 Å². The molecule has 2 saturated carbocycles. The lowest BCUT2D eigenvalue weighted by Gasteiger charge is -2.28. The molecular weight excluding hydrogens is 256 g/mol. The van der Waals surface area contributed by atoms with Crippen LogP contribution in [-0.4, -0.2) is 29.2 Å². The fourth-order valence-corrected chi connectivity index (χ4v) is 3.49. The van der Waals surface area contributed by atoms with Gasteiger partial charge in [0.25, 0.3) is 0 Å². The summed E-state index contributed by atoms with van der Waals surface area (Å²) in [6.45, 7) is 2.08. The van der Waals surface area contributed by atoms with E-state index >= 15 is 0 Å². The molecule has 5 nitrogen and oxygen atoms in total. The van der Waals surface area contributed by atoms with Gasteiger partial charge in [0.2, 0.25) is 0 Å². The van der Waals surface area contributed by atoms with Crippen LogP contribution in [0.25, 0.3) is 0 Å². The highest BCUT2D eigenvalue weighted by Gasteiger charge is 2.28. The average Bonchev–Trinajstić information content (AvgIpc) is 2.93. The number of urea groups is 1. The Morgan fingerprint density at radius 1 is 1.05 bits per heavy atom. The number of carbonyl (C=O) groups is 2. The zero-order valence-electron chi connectivity index (χ0n) is 12.2. The van der Waals surface area contributed by atoms with Gasteiger partial charge in [-0.25, -0.2) is 4.79 Å². The molecule has 114 valence electrons. The van der Waals surface area contributed by atoms with Crippen LogP contribution in [0.5, 0.6) is 0 Å². The summed E-state index contributed by atoms with van der Waals surface area (Å²) in [5.41, 5.74) is 0.